The summed E-state index contributed by atoms with van der Waals surface area (Å²) in [4.78, 5) is 2.64. The maximum Gasteiger partial charge on any atom is 0.0446 e. The summed E-state index contributed by atoms with van der Waals surface area (Å²) in [5.41, 5.74) is 7.66. The van der Waals surface area contributed by atoms with E-state index >= 15 is 0 Å². The zero-order valence-electron chi connectivity index (χ0n) is 21.0. The first-order valence-electron chi connectivity index (χ1n) is 13.0. The van der Waals surface area contributed by atoms with Crippen molar-refractivity contribution < 1.29 is 0 Å². The van der Waals surface area contributed by atoms with Crippen molar-refractivity contribution in [1.82, 2.24) is 0 Å². The molecule has 1 aliphatic carbocycles. The Bertz CT molecular complexity index is 810. The minimum atomic E-state index is 0.548. The van der Waals surface area contributed by atoms with Crippen molar-refractivity contribution >= 4 is 5.69 Å². The first-order valence-corrected chi connectivity index (χ1v) is 13.0. The molecule has 0 spiro atoms. The van der Waals surface area contributed by atoms with E-state index in [2.05, 4.69) is 88.9 Å². The van der Waals surface area contributed by atoms with Gasteiger partial charge in [-0.2, -0.15) is 0 Å². The molecule has 0 saturated heterocycles. The number of nitrogens with zero attached hydrogens (tertiary/aromatic N) is 1. The van der Waals surface area contributed by atoms with Crippen LogP contribution in [0.25, 0.3) is 0 Å². The SMILES string of the molecule is C/C=C\C(=C/C(C)C)N1c2ccc([C@@H](CC)C3CCCC=C3CC)cc2CC1CCC. The highest BCUT2D eigenvalue weighted by Gasteiger charge is 2.32. The lowest BCUT2D eigenvalue weighted by Crippen LogP contribution is -2.30. The van der Waals surface area contributed by atoms with Crippen molar-refractivity contribution in [3.8, 4) is 0 Å². The van der Waals surface area contributed by atoms with Crippen LogP contribution >= 0.6 is 0 Å². The fraction of sp³-hybridized carbons (Fsp3) is 0.600. The van der Waals surface area contributed by atoms with E-state index in [1.807, 2.05) is 0 Å². The summed E-state index contributed by atoms with van der Waals surface area (Å²) in [7, 11) is 0. The van der Waals surface area contributed by atoms with Crippen molar-refractivity contribution in [2.45, 2.75) is 105 Å². The Kier molecular flexibility index (Phi) is 8.64. The third kappa shape index (κ3) is 5.36. The fourth-order valence-corrected chi connectivity index (χ4v) is 6.00. The number of rotatable bonds is 9. The largest absolute Gasteiger partial charge is 0.338 e. The van der Waals surface area contributed by atoms with Gasteiger partial charge in [0.05, 0.1) is 0 Å². The Morgan fingerprint density at radius 2 is 2.00 bits per heavy atom. The molecule has 0 bridgehead atoms. The monoisotopic (exact) mass is 419 g/mol. The Balaban J connectivity index is 1.98. The molecule has 0 radical (unpaired) electrons. The second-order valence-corrected chi connectivity index (χ2v) is 9.93. The molecular formula is C30H45N. The van der Waals surface area contributed by atoms with Crippen LogP contribution in [-0.2, 0) is 6.42 Å². The highest BCUT2D eigenvalue weighted by Crippen LogP contribution is 2.44. The van der Waals surface area contributed by atoms with Gasteiger partial charge in [0.1, 0.15) is 0 Å². The van der Waals surface area contributed by atoms with Gasteiger partial charge in [0.15, 0.2) is 0 Å². The van der Waals surface area contributed by atoms with Crippen LogP contribution < -0.4 is 4.90 Å². The van der Waals surface area contributed by atoms with Gasteiger partial charge in [-0.1, -0.05) is 77.0 Å². The van der Waals surface area contributed by atoms with Gasteiger partial charge in [0.25, 0.3) is 0 Å². The molecule has 31 heavy (non-hydrogen) atoms. The molecule has 0 amide bonds. The summed E-state index contributed by atoms with van der Waals surface area (Å²) >= 11 is 0. The predicted molar refractivity (Wildman–Crippen MR) is 138 cm³/mol. The molecule has 0 N–H and O–H groups in total. The van der Waals surface area contributed by atoms with Crippen LogP contribution in [0.1, 0.15) is 104 Å². The molecule has 2 unspecified atom stereocenters. The summed E-state index contributed by atoms with van der Waals surface area (Å²) in [6.07, 6.45) is 19.6. The molecular weight excluding hydrogens is 374 g/mol. The molecule has 1 heteroatoms. The zero-order chi connectivity index (χ0) is 22.4. The minimum Gasteiger partial charge on any atom is -0.338 e. The Hall–Kier alpha value is -1.76. The molecule has 3 rings (SSSR count). The third-order valence-electron chi connectivity index (χ3n) is 7.29. The molecule has 170 valence electrons. The van der Waals surface area contributed by atoms with Crippen molar-refractivity contribution in [3.63, 3.8) is 0 Å². The Morgan fingerprint density at radius 1 is 1.19 bits per heavy atom. The number of hydrogen-bond donors (Lipinski definition) is 0. The predicted octanol–water partition coefficient (Wildman–Crippen LogP) is 8.96. The number of allylic oxidation sites excluding steroid dienone is 5. The van der Waals surface area contributed by atoms with E-state index in [-0.39, 0.29) is 0 Å². The molecule has 0 aromatic heterocycles. The van der Waals surface area contributed by atoms with Gasteiger partial charge in [0, 0.05) is 17.4 Å². The first kappa shape index (κ1) is 23.9. The van der Waals surface area contributed by atoms with Crippen molar-refractivity contribution in [1.29, 1.82) is 0 Å². The fourth-order valence-electron chi connectivity index (χ4n) is 6.00. The molecule has 1 aromatic rings. The van der Waals surface area contributed by atoms with Gasteiger partial charge in [-0.25, -0.2) is 0 Å². The van der Waals surface area contributed by atoms with Crippen LogP contribution in [0.5, 0.6) is 0 Å². The molecule has 2 aliphatic rings. The van der Waals surface area contributed by atoms with Gasteiger partial charge in [-0.15, -0.1) is 0 Å². The van der Waals surface area contributed by atoms with E-state index in [9.17, 15) is 0 Å². The molecule has 1 heterocycles. The molecule has 1 aliphatic heterocycles. The molecule has 3 atom stereocenters. The standard InChI is InChI=1S/C30H45N/c1-7-13-26(19-22(5)6)31-27(14-8-2)21-25-20-24(17-18-30(25)31)28(10-4)29-16-12-11-15-23(29)9-3/h7,13,15,17-20,22,27-29H,8-12,14,16,21H2,1-6H3/b13-7-,26-19+/t27?,28-,29?/m1/s1. The van der Waals surface area contributed by atoms with Crippen molar-refractivity contribution in [2.75, 3.05) is 4.90 Å². The van der Waals surface area contributed by atoms with Gasteiger partial charge >= 0.3 is 0 Å². The van der Waals surface area contributed by atoms with E-state index in [0.29, 0.717) is 17.9 Å². The number of fused-ring (bicyclic) bond motifs is 1. The summed E-state index contributed by atoms with van der Waals surface area (Å²) in [5.74, 6) is 1.95. The summed E-state index contributed by atoms with van der Waals surface area (Å²) in [5, 5.41) is 0. The van der Waals surface area contributed by atoms with Crippen LogP contribution in [0.15, 0.2) is 53.8 Å². The lowest BCUT2D eigenvalue weighted by atomic mass is 9.73. The minimum absolute atomic E-state index is 0.548. The third-order valence-corrected chi connectivity index (χ3v) is 7.29. The zero-order valence-corrected chi connectivity index (χ0v) is 21.0. The first-order chi connectivity index (χ1) is 15.0. The van der Waals surface area contributed by atoms with E-state index in [4.69, 9.17) is 0 Å². The lowest BCUT2D eigenvalue weighted by molar-refractivity contribution is 0.405. The van der Waals surface area contributed by atoms with Gasteiger partial charge in [-0.05, 0) is 92.9 Å². The van der Waals surface area contributed by atoms with Gasteiger partial charge < -0.3 is 4.90 Å². The second kappa shape index (κ2) is 11.2. The van der Waals surface area contributed by atoms with Crippen LogP contribution in [0.4, 0.5) is 5.69 Å². The number of hydrogen-bond acceptors (Lipinski definition) is 1. The molecule has 1 nitrogen and oxygen atoms in total. The van der Waals surface area contributed by atoms with Gasteiger partial charge in [-0.3, -0.25) is 0 Å². The van der Waals surface area contributed by atoms with Crippen molar-refractivity contribution in [2.24, 2.45) is 11.8 Å². The molecule has 0 fully saturated rings. The van der Waals surface area contributed by atoms with E-state index in [0.717, 1.165) is 5.92 Å². The number of benzene rings is 1. The maximum atomic E-state index is 2.64. The van der Waals surface area contributed by atoms with Crippen molar-refractivity contribution in [3.05, 3.63) is 64.9 Å². The topological polar surface area (TPSA) is 3.24 Å². The average molecular weight is 420 g/mol. The summed E-state index contributed by atoms with van der Waals surface area (Å²) < 4.78 is 0. The normalized spacial score (nSPS) is 22.9. The average Bonchev–Trinajstić information content (AvgIpc) is 3.11. The van der Waals surface area contributed by atoms with E-state index in [1.54, 1.807) is 16.7 Å². The van der Waals surface area contributed by atoms with Crippen LogP contribution in [-0.4, -0.2) is 6.04 Å². The quantitative estimate of drug-likeness (QED) is 0.285. The summed E-state index contributed by atoms with van der Waals surface area (Å²) in [6.45, 7) is 13.8. The van der Waals surface area contributed by atoms with Crippen LogP contribution in [0.3, 0.4) is 0 Å². The number of anilines is 1. The van der Waals surface area contributed by atoms with Crippen LogP contribution in [0.2, 0.25) is 0 Å². The second-order valence-electron chi connectivity index (χ2n) is 9.93. The Morgan fingerprint density at radius 3 is 2.65 bits per heavy atom. The highest BCUT2D eigenvalue weighted by atomic mass is 15.2. The van der Waals surface area contributed by atoms with Gasteiger partial charge in [0.2, 0.25) is 0 Å². The van der Waals surface area contributed by atoms with E-state index in [1.165, 1.54) is 62.8 Å². The van der Waals surface area contributed by atoms with Crippen LogP contribution in [0, 0.1) is 11.8 Å². The molecule has 0 saturated carbocycles. The Labute approximate surface area is 192 Å². The van der Waals surface area contributed by atoms with E-state index < -0.39 is 0 Å². The molecule has 1 aromatic carbocycles. The summed E-state index contributed by atoms with van der Waals surface area (Å²) in [6, 6.07) is 8.06. The smallest absolute Gasteiger partial charge is 0.0446 e. The maximum absolute atomic E-state index is 2.64. The highest BCUT2D eigenvalue weighted by molar-refractivity contribution is 5.66. The lowest BCUT2D eigenvalue weighted by Gasteiger charge is -2.32.